The predicted octanol–water partition coefficient (Wildman–Crippen LogP) is 5.30. The van der Waals surface area contributed by atoms with E-state index in [1.807, 2.05) is 24.3 Å². The van der Waals surface area contributed by atoms with Crippen LogP contribution in [0, 0.1) is 11.3 Å². The van der Waals surface area contributed by atoms with Crippen LogP contribution in [0.15, 0.2) is 58.7 Å². The second-order valence-corrected chi connectivity index (χ2v) is 6.87. The highest BCUT2D eigenvalue weighted by Gasteiger charge is 2.33. The molecule has 0 fully saturated rings. The third kappa shape index (κ3) is 6.01. The lowest BCUT2D eigenvalue weighted by Gasteiger charge is -2.11. The molecule has 2 aromatic rings. The van der Waals surface area contributed by atoms with E-state index in [1.165, 1.54) is 12.3 Å². The second kappa shape index (κ2) is 9.62. The molecule has 1 amide bonds. The van der Waals surface area contributed by atoms with Crippen molar-refractivity contribution in [3.05, 3.63) is 74.9 Å². The lowest BCUT2D eigenvalue weighted by atomic mass is 10.1. The van der Waals surface area contributed by atoms with Crippen LogP contribution in [0.1, 0.15) is 11.1 Å². The molecule has 0 saturated carbocycles. The Hall–Kier alpha value is -2.50. The maximum atomic E-state index is 12.9. The number of benzene rings is 2. The van der Waals surface area contributed by atoms with Gasteiger partial charge in [0.25, 0.3) is 5.91 Å². The maximum absolute atomic E-state index is 12.9. The summed E-state index contributed by atoms with van der Waals surface area (Å²) < 4.78 is 39.6. The summed E-state index contributed by atoms with van der Waals surface area (Å²) in [7, 11) is 0. The number of anilines is 1. The first-order chi connectivity index (χ1) is 13.2. The van der Waals surface area contributed by atoms with Gasteiger partial charge in [-0.15, -0.1) is 0 Å². The normalized spacial score (nSPS) is 11.6. The summed E-state index contributed by atoms with van der Waals surface area (Å²) in [6.45, 7) is 0.459. The number of rotatable bonds is 6. The average Bonchev–Trinajstić information content (AvgIpc) is 2.63. The van der Waals surface area contributed by atoms with Crippen molar-refractivity contribution in [3.63, 3.8) is 0 Å². The summed E-state index contributed by atoms with van der Waals surface area (Å²) in [5.41, 5.74) is -0.403. The average molecular weight is 473 g/mol. The van der Waals surface area contributed by atoms with Crippen LogP contribution in [-0.2, 0) is 17.4 Å². The van der Waals surface area contributed by atoms with E-state index >= 15 is 0 Å². The number of alkyl halides is 3. The number of nitrogens with zero attached hydrogens (tertiary/aromatic N) is 1. The van der Waals surface area contributed by atoms with Crippen LogP contribution in [0.2, 0.25) is 5.02 Å². The summed E-state index contributed by atoms with van der Waals surface area (Å²) >= 11 is 8.97. The highest BCUT2D eigenvalue weighted by atomic mass is 79.9. The van der Waals surface area contributed by atoms with Crippen molar-refractivity contribution in [3.8, 4) is 6.07 Å². The fourth-order valence-electron chi connectivity index (χ4n) is 2.25. The van der Waals surface area contributed by atoms with Crippen molar-refractivity contribution in [2.45, 2.75) is 12.6 Å². The van der Waals surface area contributed by atoms with Crippen LogP contribution >= 0.6 is 27.5 Å². The molecule has 0 aliphatic rings. The van der Waals surface area contributed by atoms with Gasteiger partial charge in [0.1, 0.15) is 11.6 Å². The standard InChI is InChI=1S/C19H14BrClF3N3O/c20-16-4-2-1-3-12(16)7-8-26-11-13(10-25)18(28)27-14-5-6-17(21)15(9-14)19(22,23)24/h1-6,9,11,26H,7-8H2,(H,27,28)/b13-11-. The van der Waals surface area contributed by atoms with Gasteiger partial charge >= 0.3 is 6.18 Å². The molecule has 0 radical (unpaired) electrons. The number of carbonyl (C=O) groups excluding carboxylic acids is 1. The van der Waals surface area contributed by atoms with Crippen molar-refractivity contribution < 1.29 is 18.0 Å². The quantitative estimate of drug-likeness (QED) is 0.341. The molecule has 28 heavy (non-hydrogen) atoms. The van der Waals surface area contributed by atoms with Crippen molar-refractivity contribution in [2.24, 2.45) is 0 Å². The Kier molecular flexibility index (Phi) is 7.49. The fourth-order valence-corrected chi connectivity index (χ4v) is 2.96. The third-order valence-corrected chi connectivity index (χ3v) is 4.74. The third-order valence-electron chi connectivity index (χ3n) is 3.64. The number of hydrogen-bond donors (Lipinski definition) is 2. The van der Waals surface area contributed by atoms with Gasteiger partial charge < -0.3 is 10.6 Å². The molecule has 0 saturated heterocycles. The zero-order chi connectivity index (χ0) is 20.7. The summed E-state index contributed by atoms with van der Waals surface area (Å²) in [6, 6.07) is 12.3. The van der Waals surface area contributed by atoms with Crippen LogP contribution in [0.25, 0.3) is 0 Å². The zero-order valence-electron chi connectivity index (χ0n) is 14.3. The Balaban J connectivity index is 2.01. The number of amides is 1. The minimum absolute atomic E-state index is 0.115. The van der Waals surface area contributed by atoms with Gasteiger partial charge in [0, 0.05) is 22.9 Å². The lowest BCUT2D eigenvalue weighted by molar-refractivity contribution is -0.137. The summed E-state index contributed by atoms with van der Waals surface area (Å²) in [5.74, 6) is -0.827. The van der Waals surface area contributed by atoms with Crippen molar-refractivity contribution in [1.29, 1.82) is 5.26 Å². The molecule has 0 aliphatic heterocycles. The van der Waals surface area contributed by atoms with E-state index in [0.29, 0.717) is 13.0 Å². The van der Waals surface area contributed by atoms with Gasteiger partial charge in [-0.25, -0.2) is 0 Å². The Bertz CT molecular complexity index is 939. The van der Waals surface area contributed by atoms with Crippen molar-refractivity contribution in [2.75, 3.05) is 11.9 Å². The van der Waals surface area contributed by atoms with Gasteiger partial charge in [0.05, 0.1) is 10.6 Å². The van der Waals surface area contributed by atoms with E-state index in [2.05, 4.69) is 26.6 Å². The van der Waals surface area contributed by atoms with E-state index in [9.17, 15) is 18.0 Å². The number of carbonyl (C=O) groups is 1. The van der Waals surface area contributed by atoms with Crippen LogP contribution in [0.4, 0.5) is 18.9 Å². The topological polar surface area (TPSA) is 64.9 Å². The fraction of sp³-hybridized carbons (Fsp3) is 0.158. The molecule has 0 heterocycles. The van der Waals surface area contributed by atoms with Gasteiger partial charge in [0.15, 0.2) is 0 Å². The van der Waals surface area contributed by atoms with Gasteiger partial charge in [-0.05, 0) is 36.2 Å². The first-order valence-corrected chi connectivity index (χ1v) is 9.14. The van der Waals surface area contributed by atoms with Crippen molar-refractivity contribution >= 4 is 39.1 Å². The molecule has 9 heteroatoms. The smallest absolute Gasteiger partial charge is 0.389 e. The van der Waals surface area contributed by atoms with Gasteiger partial charge in [-0.2, -0.15) is 18.4 Å². The highest BCUT2D eigenvalue weighted by molar-refractivity contribution is 9.10. The molecule has 4 nitrogen and oxygen atoms in total. The molecule has 2 rings (SSSR count). The largest absolute Gasteiger partial charge is 0.417 e. The minimum Gasteiger partial charge on any atom is -0.389 e. The maximum Gasteiger partial charge on any atom is 0.417 e. The lowest BCUT2D eigenvalue weighted by Crippen LogP contribution is -2.18. The SMILES string of the molecule is N#C/C(=C/NCCc1ccccc1Br)C(=O)Nc1ccc(Cl)c(C(F)(F)F)c1. The summed E-state index contributed by atoms with van der Waals surface area (Å²) in [4.78, 5) is 12.1. The molecular formula is C19H14BrClF3N3O. The molecular weight excluding hydrogens is 459 g/mol. The first kappa shape index (κ1) is 21.8. The summed E-state index contributed by atoms with van der Waals surface area (Å²) in [5, 5.41) is 13.8. The first-order valence-electron chi connectivity index (χ1n) is 7.97. The van der Waals surface area contributed by atoms with E-state index in [0.717, 1.165) is 22.2 Å². The number of hydrogen-bond acceptors (Lipinski definition) is 3. The molecule has 0 atom stereocenters. The second-order valence-electron chi connectivity index (χ2n) is 5.61. The molecule has 0 unspecified atom stereocenters. The van der Waals surface area contributed by atoms with Crippen molar-refractivity contribution in [1.82, 2.24) is 5.32 Å². The Morgan fingerprint density at radius 2 is 1.96 bits per heavy atom. The molecule has 0 aromatic heterocycles. The minimum atomic E-state index is -4.65. The zero-order valence-corrected chi connectivity index (χ0v) is 16.6. The Morgan fingerprint density at radius 1 is 1.25 bits per heavy atom. The molecule has 0 bridgehead atoms. The Labute approximate surface area is 173 Å². The predicted molar refractivity (Wildman–Crippen MR) is 105 cm³/mol. The molecule has 146 valence electrons. The van der Waals surface area contributed by atoms with E-state index in [4.69, 9.17) is 16.9 Å². The number of halogens is 5. The monoisotopic (exact) mass is 471 g/mol. The van der Waals surface area contributed by atoms with Crippen LogP contribution < -0.4 is 10.6 Å². The van der Waals surface area contributed by atoms with Gasteiger partial charge in [-0.1, -0.05) is 45.7 Å². The molecule has 2 N–H and O–H groups in total. The van der Waals surface area contributed by atoms with E-state index in [-0.39, 0.29) is 11.3 Å². The van der Waals surface area contributed by atoms with Gasteiger partial charge in [-0.3, -0.25) is 4.79 Å². The highest BCUT2D eigenvalue weighted by Crippen LogP contribution is 2.36. The molecule has 0 aliphatic carbocycles. The van der Waals surface area contributed by atoms with Crippen LogP contribution in [0.5, 0.6) is 0 Å². The Morgan fingerprint density at radius 3 is 2.61 bits per heavy atom. The van der Waals surface area contributed by atoms with Gasteiger partial charge in [0.2, 0.25) is 0 Å². The molecule has 2 aromatic carbocycles. The van der Waals surface area contributed by atoms with E-state index in [1.54, 1.807) is 6.07 Å². The number of nitrogens with one attached hydrogen (secondary N) is 2. The van der Waals surface area contributed by atoms with Crippen LogP contribution in [-0.4, -0.2) is 12.5 Å². The summed E-state index contributed by atoms with van der Waals surface area (Å²) in [6.07, 6.45) is -2.78. The van der Waals surface area contributed by atoms with E-state index < -0.39 is 22.7 Å². The molecule has 0 spiro atoms. The number of nitriles is 1. The van der Waals surface area contributed by atoms with Crippen LogP contribution in [0.3, 0.4) is 0 Å².